The minimum Gasteiger partial charge on any atom is -0.486 e. The Balaban J connectivity index is 1.54. The molecule has 0 spiro atoms. The molecular formula is C25H35N5O7S. The van der Waals surface area contributed by atoms with Crippen LogP contribution in [0.15, 0.2) is 32.7 Å². The first-order valence-corrected chi connectivity index (χ1v) is 14.5. The van der Waals surface area contributed by atoms with E-state index in [1.165, 1.54) is 25.9 Å². The van der Waals surface area contributed by atoms with E-state index in [-0.39, 0.29) is 54.8 Å². The number of carbonyl (C=O) groups is 1. The normalized spacial score (nSPS) is 16.4. The number of hydrogen-bond donors (Lipinski definition) is 2. The molecule has 1 aromatic carbocycles. The van der Waals surface area contributed by atoms with Gasteiger partial charge in [-0.2, -0.15) is 4.31 Å². The van der Waals surface area contributed by atoms with E-state index in [1.807, 2.05) is 13.8 Å². The van der Waals surface area contributed by atoms with Gasteiger partial charge in [-0.3, -0.25) is 19.1 Å². The molecule has 12 nitrogen and oxygen atoms in total. The highest BCUT2D eigenvalue weighted by Crippen LogP contribution is 2.34. The van der Waals surface area contributed by atoms with Crippen LogP contribution >= 0.6 is 0 Å². The summed E-state index contributed by atoms with van der Waals surface area (Å²) in [6.07, 6.45) is 2.61. The number of piperidine rings is 1. The van der Waals surface area contributed by atoms with Crippen molar-refractivity contribution < 1.29 is 22.7 Å². The predicted octanol–water partition coefficient (Wildman–Crippen LogP) is 1.53. The molecule has 0 atom stereocenters. The summed E-state index contributed by atoms with van der Waals surface area (Å²) in [6, 6.07) is 4.55. The Morgan fingerprint density at radius 2 is 1.79 bits per heavy atom. The molecule has 38 heavy (non-hydrogen) atoms. The Bertz CT molecular complexity index is 1390. The Morgan fingerprint density at radius 3 is 2.45 bits per heavy atom. The number of H-pyrrole nitrogens is 1. The second-order valence-electron chi connectivity index (χ2n) is 9.47. The lowest BCUT2D eigenvalue weighted by molar-refractivity contribution is -0.123. The SMILES string of the molecule is CCCCN(C(=O)C1CCN(S(=O)(=O)c2ccc3c(c2)OCCO3)CC1)c1c(N)n(CCC)c(=O)[nH]c1=O. The van der Waals surface area contributed by atoms with E-state index >= 15 is 0 Å². The molecule has 4 rings (SSSR count). The lowest BCUT2D eigenvalue weighted by Gasteiger charge is -2.34. The molecule has 0 unspecified atom stereocenters. The van der Waals surface area contributed by atoms with Gasteiger partial charge in [-0.1, -0.05) is 20.3 Å². The van der Waals surface area contributed by atoms with Gasteiger partial charge in [0.15, 0.2) is 17.2 Å². The number of ether oxygens (including phenoxy) is 2. The zero-order valence-electron chi connectivity index (χ0n) is 21.8. The van der Waals surface area contributed by atoms with Crippen LogP contribution in [0.25, 0.3) is 0 Å². The van der Waals surface area contributed by atoms with Gasteiger partial charge in [-0.25, -0.2) is 13.2 Å². The summed E-state index contributed by atoms with van der Waals surface area (Å²) in [7, 11) is -3.80. The maximum absolute atomic E-state index is 13.7. The number of nitrogens with two attached hydrogens (primary N) is 1. The standard InChI is InChI=1S/C25H35N5O7S/c1-3-5-11-29(21-22(26)30(10-4-2)25(33)27-23(21)31)24(32)17-8-12-28(13-9-17)38(34,35)18-6-7-19-20(16-18)37-15-14-36-19/h6-7,16-17H,3-5,8-15,26H2,1-2H3,(H,27,31,33). The highest BCUT2D eigenvalue weighted by Gasteiger charge is 2.36. The minimum absolute atomic E-state index is 0.0252. The van der Waals surface area contributed by atoms with Crippen LogP contribution in [0.2, 0.25) is 0 Å². The number of aromatic nitrogens is 2. The number of benzene rings is 1. The summed E-state index contributed by atoms with van der Waals surface area (Å²) in [5, 5.41) is 0. The Morgan fingerprint density at radius 1 is 1.11 bits per heavy atom. The maximum Gasteiger partial charge on any atom is 0.330 e. The number of nitrogens with zero attached hydrogens (tertiary/aromatic N) is 3. The van der Waals surface area contributed by atoms with Crippen molar-refractivity contribution in [2.45, 2.75) is 57.4 Å². The third-order valence-electron chi connectivity index (χ3n) is 6.89. The molecule has 0 radical (unpaired) electrons. The van der Waals surface area contributed by atoms with E-state index < -0.39 is 27.2 Å². The van der Waals surface area contributed by atoms with Crippen LogP contribution in [0.5, 0.6) is 11.5 Å². The van der Waals surface area contributed by atoms with Gasteiger partial charge in [0.25, 0.3) is 5.56 Å². The van der Waals surface area contributed by atoms with Gasteiger partial charge in [0.05, 0.1) is 4.90 Å². The molecule has 208 valence electrons. The van der Waals surface area contributed by atoms with E-state index in [4.69, 9.17) is 15.2 Å². The number of fused-ring (bicyclic) bond motifs is 1. The van der Waals surface area contributed by atoms with Crippen LogP contribution in [0.3, 0.4) is 0 Å². The van der Waals surface area contributed by atoms with Crippen molar-refractivity contribution in [1.82, 2.24) is 13.9 Å². The number of anilines is 2. The second-order valence-corrected chi connectivity index (χ2v) is 11.4. The molecule has 3 N–H and O–H groups in total. The summed E-state index contributed by atoms with van der Waals surface area (Å²) in [5.41, 5.74) is 4.90. The highest BCUT2D eigenvalue weighted by atomic mass is 32.2. The van der Waals surface area contributed by atoms with Crippen molar-refractivity contribution in [1.29, 1.82) is 0 Å². The molecule has 0 bridgehead atoms. The van der Waals surface area contributed by atoms with Gasteiger partial charge < -0.3 is 20.1 Å². The summed E-state index contributed by atoms with van der Waals surface area (Å²) in [6.45, 7) is 5.48. The first-order valence-electron chi connectivity index (χ1n) is 13.0. The van der Waals surface area contributed by atoms with Crippen LogP contribution in [0.4, 0.5) is 11.5 Å². The van der Waals surface area contributed by atoms with Gasteiger partial charge in [0.2, 0.25) is 15.9 Å². The number of sulfonamides is 1. The highest BCUT2D eigenvalue weighted by molar-refractivity contribution is 7.89. The number of nitrogen functional groups attached to an aromatic ring is 1. The van der Waals surface area contributed by atoms with E-state index in [0.717, 1.165) is 6.42 Å². The molecule has 1 saturated heterocycles. The van der Waals surface area contributed by atoms with Gasteiger partial charge in [0.1, 0.15) is 19.0 Å². The molecular weight excluding hydrogens is 514 g/mol. The van der Waals surface area contributed by atoms with Gasteiger partial charge >= 0.3 is 5.69 Å². The van der Waals surface area contributed by atoms with Crippen molar-refractivity contribution in [3.63, 3.8) is 0 Å². The summed E-state index contributed by atoms with van der Waals surface area (Å²) < 4.78 is 40.3. The molecule has 13 heteroatoms. The first kappa shape index (κ1) is 27.7. The van der Waals surface area contributed by atoms with Crippen molar-refractivity contribution >= 4 is 27.4 Å². The number of hydrogen-bond acceptors (Lipinski definition) is 8. The molecule has 0 saturated carbocycles. The Labute approximate surface area is 221 Å². The van der Waals surface area contributed by atoms with Gasteiger partial charge in [-0.05, 0) is 37.8 Å². The topological polar surface area (TPSA) is 157 Å². The molecule has 3 heterocycles. The van der Waals surface area contributed by atoms with Crippen LogP contribution in [-0.2, 0) is 21.4 Å². The quantitative estimate of drug-likeness (QED) is 0.477. The summed E-state index contributed by atoms with van der Waals surface area (Å²) in [5.74, 6) is 0.0636. The molecule has 2 aliphatic heterocycles. The third kappa shape index (κ3) is 5.44. The summed E-state index contributed by atoms with van der Waals surface area (Å²) in [4.78, 5) is 42.5. The number of carbonyl (C=O) groups excluding carboxylic acids is 1. The molecule has 2 aliphatic rings. The molecule has 2 aromatic rings. The zero-order chi connectivity index (χ0) is 27.4. The third-order valence-corrected chi connectivity index (χ3v) is 8.78. The van der Waals surface area contributed by atoms with Crippen molar-refractivity contribution in [3.8, 4) is 11.5 Å². The van der Waals surface area contributed by atoms with Crippen LogP contribution in [0, 0.1) is 5.92 Å². The average Bonchev–Trinajstić information content (AvgIpc) is 2.92. The molecule has 0 aliphatic carbocycles. The largest absolute Gasteiger partial charge is 0.486 e. The molecule has 1 fully saturated rings. The molecule has 1 amide bonds. The number of unbranched alkanes of at least 4 members (excludes halogenated alkanes) is 1. The van der Waals surface area contributed by atoms with E-state index in [0.29, 0.717) is 44.1 Å². The number of aromatic amines is 1. The van der Waals surface area contributed by atoms with E-state index in [9.17, 15) is 22.8 Å². The number of nitrogens with one attached hydrogen (secondary N) is 1. The fraction of sp³-hybridized carbons (Fsp3) is 0.560. The first-order chi connectivity index (χ1) is 18.2. The fourth-order valence-electron chi connectivity index (χ4n) is 4.83. The predicted molar refractivity (Wildman–Crippen MR) is 142 cm³/mol. The number of rotatable bonds is 9. The van der Waals surface area contributed by atoms with Crippen molar-refractivity contribution in [3.05, 3.63) is 39.0 Å². The Hall–Kier alpha value is -3.32. The smallest absolute Gasteiger partial charge is 0.330 e. The van der Waals surface area contributed by atoms with E-state index in [2.05, 4.69) is 4.98 Å². The van der Waals surface area contributed by atoms with Gasteiger partial charge in [-0.15, -0.1) is 0 Å². The fourth-order valence-corrected chi connectivity index (χ4v) is 6.31. The Kier molecular flexibility index (Phi) is 8.46. The lowest BCUT2D eigenvalue weighted by atomic mass is 9.96. The van der Waals surface area contributed by atoms with Crippen LogP contribution in [-0.4, -0.2) is 61.0 Å². The average molecular weight is 550 g/mol. The van der Waals surface area contributed by atoms with Crippen LogP contribution in [0.1, 0.15) is 46.0 Å². The van der Waals surface area contributed by atoms with Crippen LogP contribution < -0.4 is 31.4 Å². The van der Waals surface area contributed by atoms with Gasteiger partial charge in [0, 0.05) is 38.2 Å². The second kappa shape index (κ2) is 11.6. The lowest BCUT2D eigenvalue weighted by Crippen LogP contribution is -2.47. The summed E-state index contributed by atoms with van der Waals surface area (Å²) >= 11 is 0. The monoisotopic (exact) mass is 549 g/mol. The number of amides is 1. The minimum atomic E-state index is -3.80. The van der Waals surface area contributed by atoms with Crippen molar-refractivity contribution in [2.24, 2.45) is 5.92 Å². The maximum atomic E-state index is 13.7. The zero-order valence-corrected chi connectivity index (χ0v) is 22.6. The molecule has 1 aromatic heterocycles. The van der Waals surface area contributed by atoms with Crippen molar-refractivity contribution in [2.75, 3.05) is 43.5 Å². The van der Waals surface area contributed by atoms with E-state index in [1.54, 1.807) is 6.07 Å².